The number of aliphatic imine (C=N–C) groups is 1. The van der Waals surface area contributed by atoms with Gasteiger partial charge < -0.3 is 25.3 Å². The molecule has 0 saturated carbocycles. The summed E-state index contributed by atoms with van der Waals surface area (Å²) in [6.45, 7) is 8.79. The van der Waals surface area contributed by atoms with Crippen LogP contribution in [0.5, 0.6) is 11.5 Å². The van der Waals surface area contributed by atoms with Crippen molar-refractivity contribution in [2.45, 2.75) is 25.2 Å². The van der Waals surface area contributed by atoms with E-state index in [2.05, 4.69) is 29.0 Å². The number of nitrogens with two attached hydrogens (primary N) is 1. The molecular weight excluding hydrogens is 433 g/mol. The van der Waals surface area contributed by atoms with Crippen LogP contribution in [0.2, 0.25) is 0 Å². The SMILES string of the molecule is C=C(C)CNC(N)=NCC1(c2ccc3c(c2)OCO3)CCOCC1.I. The first-order valence-electron chi connectivity index (χ1n) is 8.25. The number of nitrogens with one attached hydrogen (secondary N) is 1. The number of fused-ring (bicyclic) bond motifs is 1. The Morgan fingerprint density at radius 1 is 1.28 bits per heavy atom. The first kappa shape index (κ1) is 19.8. The van der Waals surface area contributed by atoms with Crippen molar-refractivity contribution in [2.24, 2.45) is 10.7 Å². The van der Waals surface area contributed by atoms with Crippen LogP contribution in [0.25, 0.3) is 0 Å². The molecule has 2 heterocycles. The van der Waals surface area contributed by atoms with Gasteiger partial charge in [-0.2, -0.15) is 0 Å². The van der Waals surface area contributed by atoms with Crippen LogP contribution in [0.1, 0.15) is 25.3 Å². The van der Waals surface area contributed by atoms with E-state index >= 15 is 0 Å². The maximum atomic E-state index is 5.99. The molecule has 2 aliphatic rings. The van der Waals surface area contributed by atoms with Gasteiger partial charge in [-0.05, 0) is 37.5 Å². The van der Waals surface area contributed by atoms with Gasteiger partial charge in [-0.3, -0.25) is 4.99 Å². The molecule has 0 aliphatic carbocycles. The van der Waals surface area contributed by atoms with Crippen LogP contribution in [-0.4, -0.2) is 39.1 Å². The summed E-state index contributed by atoms with van der Waals surface area (Å²) in [5.41, 5.74) is 8.12. The summed E-state index contributed by atoms with van der Waals surface area (Å²) < 4.78 is 16.5. The molecule has 0 spiro atoms. The number of halogens is 1. The molecule has 0 radical (unpaired) electrons. The third-order valence-corrected chi connectivity index (χ3v) is 4.56. The first-order valence-corrected chi connectivity index (χ1v) is 8.25. The van der Waals surface area contributed by atoms with Crippen molar-refractivity contribution < 1.29 is 14.2 Å². The molecule has 1 fully saturated rings. The van der Waals surface area contributed by atoms with Crippen molar-refractivity contribution in [2.75, 3.05) is 33.1 Å². The molecule has 7 heteroatoms. The molecule has 2 aliphatic heterocycles. The molecule has 0 aromatic heterocycles. The fourth-order valence-corrected chi connectivity index (χ4v) is 3.06. The Morgan fingerprint density at radius 2 is 2.00 bits per heavy atom. The van der Waals surface area contributed by atoms with Gasteiger partial charge in [-0.1, -0.05) is 18.2 Å². The first-order chi connectivity index (χ1) is 11.6. The van der Waals surface area contributed by atoms with Crippen LogP contribution in [0.4, 0.5) is 0 Å². The second-order valence-electron chi connectivity index (χ2n) is 6.47. The molecular formula is C18H26IN3O3. The highest BCUT2D eigenvalue weighted by atomic mass is 127. The summed E-state index contributed by atoms with van der Waals surface area (Å²) in [5.74, 6) is 2.05. The molecule has 138 valence electrons. The van der Waals surface area contributed by atoms with E-state index in [1.165, 1.54) is 5.56 Å². The second kappa shape index (κ2) is 8.75. The van der Waals surface area contributed by atoms with Crippen molar-refractivity contribution in [3.05, 3.63) is 35.9 Å². The summed E-state index contributed by atoms with van der Waals surface area (Å²) in [5, 5.41) is 3.08. The standard InChI is InChI=1S/C18H25N3O3.HI/c1-13(2)10-20-17(19)21-11-18(5-7-22-8-6-18)14-3-4-15-16(9-14)24-12-23-15;/h3-4,9H,1,5-8,10-12H2,2H3,(H3,19,20,21);1H. The fraction of sp³-hybridized carbons (Fsp3) is 0.500. The third kappa shape index (κ3) is 4.78. The van der Waals surface area contributed by atoms with Crippen LogP contribution in [-0.2, 0) is 10.2 Å². The van der Waals surface area contributed by atoms with Crippen molar-refractivity contribution >= 4 is 29.9 Å². The monoisotopic (exact) mass is 459 g/mol. The largest absolute Gasteiger partial charge is 0.454 e. The van der Waals surface area contributed by atoms with E-state index in [4.69, 9.17) is 19.9 Å². The van der Waals surface area contributed by atoms with E-state index < -0.39 is 0 Å². The predicted octanol–water partition coefficient (Wildman–Crippen LogP) is 2.56. The van der Waals surface area contributed by atoms with E-state index in [0.29, 0.717) is 19.0 Å². The lowest BCUT2D eigenvalue weighted by Crippen LogP contribution is -2.39. The molecule has 0 amide bonds. The van der Waals surface area contributed by atoms with Gasteiger partial charge in [0.1, 0.15) is 0 Å². The van der Waals surface area contributed by atoms with E-state index in [-0.39, 0.29) is 36.2 Å². The van der Waals surface area contributed by atoms with E-state index in [0.717, 1.165) is 43.1 Å². The zero-order chi connectivity index (χ0) is 17.0. The van der Waals surface area contributed by atoms with E-state index in [9.17, 15) is 0 Å². The number of hydrogen-bond acceptors (Lipinski definition) is 4. The summed E-state index contributed by atoms with van der Waals surface area (Å²) in [6.07, 6.45) is 1.81. The summed E-state index contributed by atoms with van der Waals surface area (Å²) >= 11 is 0. The zero-order valence-corrected chi connectivity index (χ0v) is 16.9. The van der Waals surface area contributed by atoms with Crippen LogP contribution in [0, 0.1) is 0 Å². The Bertz CT molecular complexity index is 642. The summed E-state index contributed by atoms with van der Waals surface area (Å²) in [6, 6.07) is 6.15. The number of nitrogens with zero attached hydrogens (tertiary/aromatic N) is 1. The number of ether oxygens (including phenoxy) is 3. The third-order valence-electron chi connectivity index (χ3n) is 4.56. The topological polar surface area (TPSA) is 78.1 Å². The van der Waals surface area contributed by atoms with Gasteiger partial charge in [-0.25, -0.2) is 0 Å². The molecule has 3 rings (SSSR count). The Hall–Kier alpha value is -1.48. The number of hydrogen-bond donors (Lipinski definition) is 2. The van der Waals surface area contributed by atoms with Crippen molar-refractivity contribution in [3.63, 3.8) is 0 Å². The average molecular weight is 459 g/mol. The lowest BCUT2D eigenvalue weighted by molar-refractivity contribution is 0.0530. The number of benzene rings is 1. The normalized spacial score (nSPS) is 18.4. The maximum Gasteiger partial charge on any atom is 0.231 e. The molecule has 0 atom stereocenters. The quantitative estimate of drug-likeness (QED) is 0.306. The van der Waals surface area contributed by atoms with Gasteiger partial charge in [0.15, 0.2) is 17.5 Å². The minimum Gasteiger partial charge on any atom is -0.454 e. The van der Waals surface area contributed by atoms with Crippen molar-refractivity contribution in [3.8, 4) is 11.5 Å². The zero-order valence-electron chi connectivity index (χ0n) is 14.5. The molecule has 1 aromatic carbocycles. The summed E-state index contributed by atoms with van der Waals surface area (Å²) in [4.78, 5) is 4.58. The maximum absolute atomic E-state index is 5.99. The van der Waals surface area contributed by atoms with Crippen molar-refractivity contribution in [1.29, 1.82) is 0 Å². The lowest BCUT2D eigenvalue weighted by Gasteiger charge is -2.36. The number of guanidine groups is 1. The van der Waals surface area contributed by atoms with E-state index in [1.54, 1.807) is 0 Å². The Labute approximate surface area is 165 Å². The van der Waals surface area contributed by atoms with Gasteiger partial charge in [0, 0.05) is 25.2 Å². The second-order valence-corrected chi connectivity index (χ2v) is 6.47. The molecule has 3 N–H and O–H groups in total. The number of rotatable bonds is 5. The molecule has 25 heavy (non-hydrogen) atoms. The van der Waals surface area contributed by atoms with Gasteiger partial charge in [0.2, 0.25) is 6.79 Å². The highest BCUT2D eigenvalue weighted by Crippen LogP contribution is 2.41. The van der Waals surface area contributed by atoms with Gasteiger partial charge in [0.05, 0.1) is 6.54 Å². The fourth-order valence-electron chi connectivity index (χ4n) is 3.06. The highest BCUT2D eigenvalue weighted by molar-refractivity contribution is 14.0. The molecule has 6 nitrogen and oxygen atoms in total. The van der Waals surface area contributed by atoms with Gasteiger partial charge >= 0.3 is 0 Å². The van der Waals surface area contributed by atoms with Crippen LogP contribution < -0.4 is 20.5 Å². The molecule has 0 unspecified atom stereocenters. The van der Waals surface area contributed by atoms with E-state index in [1.807, 2.05) is 13.0 Å². The van der Waals surface area contributed by atoms with Crippen LogP contribution >= 0.6 is 24.0 Å². The summed E-state index contributed by atoms with van der Waals surface area (Å²) in [7, 11) is 0. The minimum atomic E-state index is -0.0885. The Kier molecular flexibility index (Phi) is 6.95. The van der Waals surface area contributed by atoms with Crippen LogP contribution in [0.15, 0.2) is 35.3 Å². The average Bonchev–Trinajstić information content (AvgIpc) is 3.06. The van der Waals surface area contributed by atoms with Gasteiger partial charge in [0.25, 0.3) is 0 Å². The predicted molar refractivity (Wildman–Crippen MR) is 109 cm³/mol. The highest BCUT2D eigenvalue weighted by Gasteiger charge is 2.35. The van der Waals surface area contributed by atoms with Crippen molar-refractivity contribution in [1.82, 2.24) is 5.32 Å². The Balaban J connectivity index is 0.00000225. The molecule has 1 aromatic rings. The molecule has 1 saturated heterocycles. The lowest BCUT2D eigenvalue weighted by atomic mass is 9.74. The molecule has 0 bridgehead atoms. The van der Waals surface area contributed by atoms with Gasteiger partial charge in [-0.15, -0.1) is 24.0 Å². The Morgan fingerprint density at radius 3 is 2.72 bits per heavy atom. The minimum absolute atomic E-state index is 0. The smallest absolute Gasteiger partial charge is 0.231 e. The van der Waals surface area contributed by atoms with Crippen LogP contribution in [0.3, 0.4) is 0 Å².